The van der Waals surface area contributed by atoms with Crippen LogP contribution in [0.25, 0.3) is 0 Å². The molecule has 1 aromatic heterocycles. The predicted octanol–water partition coefficient (Wildman–Crippen LogP) is 4.98. The highest BCUT2D eigenvalue weighted by molar-refractivity contribution is 7.80. The molecule has 0 unspecified atom stereocenters. The Morgan fingerprint density at radius 3 is 2.38 bits per heavy atom. The fraction of sp³-hybridized carbons (Fsp3) is 0.621. The second kappa shape index (κ2) is 11.9. The molecule has 0 bridgehead atoms. The molecule has 3 aliphatic heterocycles. The third-order valence-electron chi connectivity index (χ3n) is 8.44. The molecule has 0 amide bonds. The number of aromatic nitrogens is 2. The van der Waals surface area contributed by atoms with Gasteiger partial charge in [-0.05, 0) is 68.1 Å². The number of thiocarbonyl (C=S) groups is 1. The third kappa shape index (κ3) is 6.52. The molecule has 2 N–H and O–H groups in total. The van der Waals surface area contributed by atoms with E-state index in [2.05, 4.69) is 70.7 Å². The van der Waals surface area contributed by atoms with Crippen molar-refractivity contribution in [2.45, 2.75) is 57.8 Å². The molecule has 0 radical (unpaired) electrons. The van der Waals surface area contributed by atoms with Gasteiger partial charge in [0.25, 0.3) is 0 Å². The van der Waals surface area contributed by atoms with Crippen molar-refractivity contribution in [2.75, 3.05) is 61.1 Å². The Morgan fingerprint density at radius 2 is 1.68 bits per heavy atom. The number of hydrogen-bond donors (Lipinski definition) is 2. The zero-order valence-electron chi connectivity index (χ0n) is 22.4. The molecule has 1 atom stereocenters. The van der Waals surface area contributed by atoms with Crippen molar-refractivity contribution < 1.29 is 4.74 Å². The standard InChI is InChI=1S/C29H42N6OS/c1-22-10-15-34(16-11-22)25-19-26(35-14-6-7-23(2)20-35)32-27(31-25)33-28(37)30-21-29(12-17-36-18-13-29)24-8-4-3-5-9-24/h3-5,8-9,19,22-23H,6-7,10-18,20-21H2,1-2H3,(H2,30,31,32,33,37)/t23-/m0/s1. The third-order valence-corrected chi connectivity index (χ3v) is 8.68. The molecule has 1 aromatic carbocycles. The van der Waals surface area contributed by atoms with E-state index in [4.69, 9.17) is 26.9 Å². The van der Waals surface area contributed by atoms with Crippen molar-refractivity contribution in [2.24, 2.45) is 11.8 Å². The van der Waals surface area contributed by atoms with Gasteiger partial charge in [0.2, 0.25) is 5.95 Å². The van der Waals surface area contributed by atoms with Crippen LogP contribution in [0.4, 0.5) is 17.6 Å². The van der Waals surface area contributed by atoms with Gasteiger partial charge in [-0.3, -0.25) is 0 Å². The minimum absolute atomic E-state index is 0.00749. The largest absolute Gasteiger partial charge is 0.381 e. The molecule has 5 rings (SSSR count). The normalized spacial score (nSPS) is 22.5. The molecule has 4 heterocycles. The molecule has 2 aromatic rings. The Labute approximate surface area is 227 Å². The van der Waals surface area contributed by atoms with Gasteiger partial charge in [-0.1, -0.05) is 44.2 Å². The summed E-state index contributed by atoms with van der Waals surface area (Å²) in [5, 5.41) is 7.42. The fourth-order valence-electron chi connectivity index (χ4n) is 5.95. The maximum atomic E-state index is 5.78. The molecule has 0 spiro atoms. The summed E-state index contributed by atoms with van der Waals surface area (Å²) in [5.74, 6) is 4.05. The number of hydrogen-bond acceptors (Lipinski definition) is 6. The van der Waals surface area contributed by atoms with Crippen molar-refractivity contribution in [3.8, 4) is 0 Å². The van der Waals surface area contributed by atoms with E-state index in [0.29, 0.717) is 17.0 Å². The lowest BCUT2D eigenvalue weighted by atomic mass is 9.74. The summed E-state index contributed by atoms with van der Waals surface area (Å²) in [6.45, 7) is 11.1. The van der Waals surface area contributed by atoms with Crippen LogP contribution >= 0.6 is 12.2 Å². The molecule has 3 saturated heterocycles. The SMILES string of the molecule is CC1CCN(c2cc(N3CCC[C@H](C)C3)nc(NC(=S)NCC3(c4ccccc4)CCOCC3)n2)CC1. The van der Waals surface area contributed by atoms with Gasteiger partial charge in [0.05, 0.1) is 0 Å². The summed E-state index contributed by atoms with van der Waals surface area (Å²) in [4.78, 5) is 14.7. The lowest BCUT2D eigenvalue weighted by Crippen LogP contribution is -2.45. The van der Waals surface area contributed by atoms with Crippen molar-refractivity contribution in [1.29, 1.82) is 0 Å². The summed E-state index contributed by atoms with van der Waals surface area (Å²) in [6, 6.07) is 12.9. The van der Waals surface area contributed by atoms with E-state index in [1.54, 1.807) is 0 Å². The first-order chi connectivity index (χ1) is 18.0. The van der Waals surface area contributed by atoms with E-state index in [1.807, 2.05) is 0 Å². The second-order valence-electron chi connectivity index (χ2n) is 11.3. The number of piperidine rings is 2. The maximum absolute atomic E-state index is 5.78. The molecule has 0 aliphatic carbocycles. The zero-order chi connectivity index (χ0) is 25.7. The van der Waals surface area contributed by atoms with E-state index in [0.717, 1.165) is 76.3 Å². The zero-order valence-corrected chi connectivity index (χ0v) is 23.2. The van der Waals surface area contributed by atoms with Crippen molar-refractivity contribution in [1.82, 2.24) is 15.3 Å². The van der Waals surface area contributed by atoms with Gasteiger partial charge >= 0.3 is 0 Å². The Balaban J connectivity index is 1.32. The number of rotatable bonds is 6. The summed E-state index contributed by atoms with van der Waals surface area (Å²) in [6.07, 6.45) is 6.84. The molecular formula is C29H42N6OS. The van der Waals surface area contributed by atoms with E-state index in [1.165, 1.54) is 31.2 Å². The van der Waals surface area contributed by atoms with Crippen LogP contribution in [0, 0.1) is 11.8 Å². The molecule has 3 fully saturated rings. The van der Waals surface area contributed by atoms with E-state index in [-0.39, 0.29) is 5.41 Å². The lowest BCUT2D eigenvalue weighted by Gasteiger charge is -2.38. The molecule has 3 aliphatic rings. The number of anilines is 3. The smallest absolute Gasteiger partial charge is 0.232 e. The summed E-state index contributed by atoms with van der Waals surface area (Å²) >= 11 is 5.78. The van der Waals surface area contributed by atoms with Crippen molar-refractivity contribution in [3.05, 3.63) is 42.0 Å². The molecule has 8 heteroatoms. The first-order valence-corrected chi connectivity index (χ1v) is 14.5. The Bertz CT molecular complexity index is 1040. The van der Waals surface area contributed by atoms with Gasteiger partial charge < -0.3 is 25.2 Å². The Hall–Kier alpha value is -2.45. The molecule has 7 nitrogen and oxygen atoms in total. The molecule has 0 saturated carbocycles. The molecular weight excluding hydrogens is 480 g/mol. The quantitative estimate of drug-likeness (QED) is 0.515. The van der Waals surface area contributed by atoms with Crippen LogP contribution in [0.3, 0.4) is 0 Å². The van der Waals surface area contributed by atoms with Crippen LogP contribution in [0.1, 0.15) is 57.9 Å². The maximum Gasteiger partial charge on any atom is 0.232 e. The molecule has 37 heavy (non-hydrogen) atoms. The van der Waals surface area contributed by atoms with Gasteiger partial charge in [0.1, 0.15) is 11.6 Å². The monoisotopic (exact) mass is 522 g/mol. The van der Waals surface area contributed by atoms with Gasteiger partial charge in [0.15, 0.2) is 5.11 Å². The predicted molar refractivity (Wildman–Crippen MR) is 156 cm³/mol. The Morgan fingerprint density at radius 1 is 0.973 bits per heavy atom. The van der Waals surface area contributed by atoms with Gasteiger partial charge in [-0.25, -0.2) is 0 Å². The van der Waals surface area contributed by atoms with Crippen LogP contribution in [-0.2, 0) is 10.2 Å². The Kier molecular flexibility index (Phi) is 8.45. The summed E-state index contributed by atoms with van der Waals surface area (Å²) < 4.78 is 5.70. The summed E-state index contributed by atoms with van der Waals surface area (Å²) in [7, 11) is 0. The number of benzene rings is 1. The number of nitrogens with one attached hydrogen (secondary N) is 2. The summed E-state index contributed by atoms with van der Waals surface area (Å²) in [5.41, 5.74) is 1.35. The van der Waals surface area contributed by atoms with Crippen LogP contribution in [0.2, 0.25) is 0 Å². The highest BCUT2D eigenvalue weighted by Gasteiger charge is 2.34. The van der Waals surface area contributed by atoms with Crippen molar-refractivity contribution >= 4 is 34.9 Å². The number of nitrogens with zero attached hydrogens (tertiary/aromatic N) is 4. The van der Waals surface area contributed by atoms with Gasteiger partial charge in [0, 0.05) is 57.4 Å². The lowest BCUT2D eigenvalue weighted by molar-refractivity contribution is 0.0515. The fourth-order valence-corrected chi connectivity index (χ4v) is 6.12. The average molecular weight is 523 g/mol. The van der Waals surface area contributed by atoms with Gasteiger partial charge in [-0.15, -0.1) is 0 Å². The van der Waals surface area contributed by atoms with E-state index in [9.17, 15) is 0 Å². The van der Waals surface area contributed by atoms with Crippen LogP contribution < -0.4 is 20.4 Å². The number of ether oxygens (including phenoxy) is 1. The minimum Gasteiger partial charge on any atom is -0.381 e. The van der Waals surface area contributed by atoms with E-state index >= 15 is 0 Å². The molecule has 200 valence electrons. The topological polar surface area (TPSA) is 65.5 Å². The van der Waals surface area contributed by atoms with Crippen LogP contribution in [0.5, 0.6) is 0 Å². The highest BCUT2D eigenvalue weighted by Crippen LogP contribution is 2.34. The highest BCUT2D eigenvalue weighted by atomic mass is 32.1. The second-order valence-corrected chi connectivity index (χ2v) is 11.7. The van der Waals surface area contributed by atoms with Crippen molar-refractivity contribution in [3.63, 3.8) is 0 Å². The van der Waals surface area contributed by atoms with Crippen LogP contribution in [-0.4, -0.2) is 61.0 Å². The first-order valence-electron chi connectivity index (χ1n) is 14.1. The van der Waals surface area contributed by atoms with Crippen LogP contribution in [0.15, 0.2) is 36.4 Å². The first kappa shape index (κ1) is 26.2. The average Bonchev–Trinajstić information content (AvgIpc) is 2.93. The minimum atomic E-state index is 0.00749. The van der Waals surface area contributed by atoms with Gasteiger partial charge in [-0.2, -0.15) is 9.97 Å². The van der Waals surface area contributed by atoms with E-state index < -0.39 is 0 Å².